The van der Waals surface area contributed by atoms with Crippen LogP contribution in [0.15, 0.2) is 30.3 Å². The number of alkyl carbamates (subject to hydrolysis) is 1. The first-order valence-corrected chi connectivity index (χ1v) is 11.1. The average molecular weight is 466 g/mol. The third-order valence-corrected chi connectivity index (χ3v) is 4.96. The molecule has 1 fully saturated rings. The SMILES string of the molecule is COCCOCCOC(=O)N[C@@H](CC(C)C)C(=O)NC(Cc1ccccc1)C(=O)C1OC1N. The van der Waals surface area contributed by atoms with Gasteiger partial charge < -0.3 is 35.3 Å². The molecule has 1 aliphatic heterocycles. The number of nitrogens with two attached hydrogens (primary N) is 1. The number of nitrogens with one attached hydrogen (secondary N) is 2. The summed E-state index contributed by atoms with van der Waals surface area (Å²) in [7, 11) is 1.57. The number of ether oxygens (including phenoxy) is 4. The quantitative estimate of drug-likeness (QED) is 0.255. The number of hydrogen-bond donors (Lipinski definition) is 3. The molecule has 0 radical (unpaired) electrons. The van der Waals surface area contributed by atoms with Crippen molar-refractivity contribution in [3.05, 3.63) is 35.9 Å². The van der Waals surface area contributed by atoms with Gasteiger partial charge in [0.25, 0.3) is 0 Å². The lowest BCUT2D eigenvalue weighted by Crippen LogP contribution is -2.53. The molecule has 0 aromatic heterocycles. The van der Waals surface area contributed by atoms with Crippen LogP contribution in [0.3, 0.4) is 0 Å². The summed E-state index contributed by atoms with van der Waals surface area (Å²) in [6.45, 7) is 4.96. The molecule has 4 atom stereocenters. The van der Waals surface area contributed by atoms with Gasteiger partial charge >= 0.3 is 6.09 Å². The predicted molar refractivity (Wildman–Crippen MR) is 120 cm³/mol. The Morgan fingerprint density at radius 3 is 2.30 bits per heavy atom. The molecular formula is C23H35N3O7. The molecule has 33 heavy (non-hydrogen) atoms. The summed E-state index contributed by atoms with van der Waals surface area (Å²) >= 11 is 0. The van der Waals surface area contributed by atoms with Crippen molar-refractivity contribution in [2.24, 2.45) is 11.7 Å². The van der Waals surface area contributed by atoms with E-state index in [9.17, 15) is 14.4 Å². The summed E-state index contributed by atoms with van der Waals surface area (Å²) in [4.78, 5) is 38.1. The van der Waals surface area contributed by atoms with E-state index in [1.807, 2.05) is 44.2 Å². The fraction of sp³-hybridized carbons (Fsp3) is 0.609. The van der Waals surface area contributed by atoms with E-state index in [2.05, 4.69) is 10.6 Å². The van der Waals surface area contributed by atoms with Crippen molar-refractivity contribution < 1.29 is 33.3 Å². The maximum atomic E-state index is 13.0. The summed E-state index contributed by atoms with van der Waals surface area (Å²) in [6, 6.07) is 7.63. The van der Waals surface area contributed by atoms with Gasteiger partial charge in [0.1, 0.15) is 18.9 Å². The van der Waals surface area contributed by atoms with Crippen LogP contribution in [0.5, 0.6) is 0 Å². The number of ketones is 1. The molecule has 10 nitrogen and oxygen atoms in total. The molecule has 1 saturated heterocycles. The first-order chi connectivity index (χ1) is 15.8. The fourth-order valence-electron chi connectivity index (χ4n) is 3.22. The molecule has 0 bridgehead atoms. The van der Waals surface area contributed by atoms with Crippen LogP contribution >= 0.6 is 0 Å². The van der Waals surface area contributed by atoms with Crippen molar-refractivity contribution in [3.63, 3.8) is 0 Å². The van der Waals surface area contributed by atoms with Crippen molar-refractivity contribution in [3.8, 4) is 0 Å². The lowest BCUT2D eigenvalue weighted by molar-refractivity contribution is -0.129. The second-order valence-corrected chi connectivity index (χ2v) is 8.24. The van der Waals surface area contributed by atoms with Crippen LogP contribution in [-0.4, -0.2) is 75.7 Å². The maximum absolute atomic E-state index is 13.0. The monoisotopic (exact) mass is 465 g/mol. The molecule has 0 spiro atoms. The van der Waals surface area contributed by atoms with E-state index in [4.69, 9.17) is 24.7 Å². The summed E-state index contributed by atoms with van der Waals surface area (Å²) < 4.78 is 20.3. The van der Waals surface area contributed by atoms with Crippen LogP contribution < -0.4 is 16.4 Å². The van der Waals surface area contributed by atoms with E-state index in [1.54, 1.807) is 7.11 Å². The number of benzene rings is 1. The van der Waals surface area contributed by atoms with Gasteiger partial charge in [-0.25, -0.2) is 4.79 Å². The van der Waals surface area contributed by atoms with Crippen LogP contribution in [0.2, 0.25) is 0 Å². The molecule has 0 aliphatic carbocycles. The average Bonchev–Trinajstić information content (AvgIpc) is 3.51. The Hall–Kier alpha value is -2.53. The zero-order valence-electron chi connectivity index (χ0n) is 19.5. The zero-order chi connectivity index (χ0) is 24.2. The highest BCUT2D eigenvalue weighted by Crippen LogP contribution is 2.20. The maximum Gasteiger partial charge on any atom is 0.407 e. The third-order valence-electron chi connectivity index (χ3n) is 4.96. The van der Waals surface area contributed by atoms with Gasteiger partial charge in [-0.1, -0.05) is 44.2 Å². The Morgan fingerprint density at radius 2 is 1.70 bits per heavy atom. The van der Waals surface area contributed by atoms with Crippen molar-refractivity contribution in [1.29, 1.82) is 0 Å². The summed E-state index contributed by atoms with van der Waals surface area (Å²) in [6.07, 6.45) is -1.46. The molecule has 184 valence electrons. The van der Waals surface area contributed by atoms with Gasteiger partial charge in [0.15, 0.2) is 11.9 Å². The lowest BCUT2D eigenvalue weighted by Gasteiger charge is -2.23. The molecule has 1 heterocycles. The lowest BCUT2D eigenvalue weighted by atomic mass is 9.98. The van der Waals surface area contributed by atoms with Gasteiger partial charge in [-0.3, -0.25) is 9.59 Å². The molecule has 0 saturated carbocycles. The Bertz CT molecular complexity index is 760. The van der Waals surface area contributed by atoms with E-state index in [1.165, 1.54) is 0 Å². The van der Waals surface area contributed by atoms with Crippen molar-refractivity contribution in [1.82, 2.24) is 10.6 Å². The minimum absolute atomic E-state index is 0.0393. The highest BCUT2D eigenvalue weighted by molar-refractivity contribution is 5.95. The van der Waals surface area contributed by atoms with Crippen LogP contribution in [0.4, 0.5) is 4.79 Å². The van der Waals surface area contributed by atoms with Gasteiger partial charge in [0.2, 0.25) is 5.91 Å². The van der Waals surface area contributed by atoms with Gasteiger partial charge in [-0.05, 0) is 24.3 Å². The minimum atomic E-state index is -0.869. The largest absolute Gasteiger partial charge is 0.447 e. The van der Waals surface area contributed by atoms with Gasteiger partial charge in [0.05, 0.1) is 25.9 Å². The molecule has 1 aromatic carbocycles. The topological polar surface area (TPSA) is 142 Å². The highest BCUT2D eigenvalue weighted by atomic mass is 16.6. The zero-order valence-corrected chi connectivity index (χ0v) is 19.5. The molecule has 2 amide bonds. The van der Waals surface area contributed by atoms with Gasteiger partial charge in [-0.2, -0.15) is 0 Å². The fourth-order valence-corrected chi connectivity index (χ4v) is 3.22. The van der Waals surface area contributed by atoms with Crippen LogP contribution in [0.1, 0.15) is 25.8 Å². The van der Waals surface area contributed by atoms with Gasteiger partial charge in [-0.15, -0.1) is 0 Å². The summed E-state index contributed by atoms with van der Waals surface area (Å²) in [5.41, 5.74) is 6.54. The second kappa shape index (κ2) is 13.9. The van der Waals surface area contributed by atoms with Crippen LogP contribution in [0, 0.1) is 5.92 Å². The van der Waals surface area contributed by atoms with E-state index < -0.39 is 36.4 Å². The number of Topliss-reactive ketones (excluding diaryl/α,β-unsaturated/α-hetero) is 1. The second-order valence-electron chi connectivity index (χ2n) is 8.24. The molecular weight excluding hydrogens is 430 g/mol. The number of carbonyl (C=O) groups is 3. The third kappa shape index (κ3) is 9.87. The predicted octanol–water partition coefficient (Wildman–Crippen LogP) is 0.771. The first kappa shape index (κ1) is 26.7. The number of amides is 2. The van der Waals surface area contributed by atoms with E-state index in [-0.39, 0.29) is 31.3 Å². The number of rotatable bonds is 15. The van der Waals surface area contributed by atoms with E-state index >= 15 is 0 Å². The van der Waals surface area contributed by atoms with Gasteiger partial charge in [0, 0.05) is 7.11 Å². The summed E-state index contributed by atoms with van der Waals surface area (Å²) in [5, 5.41) is 5.37. The normalized spacial score (nSPS) is 18.9. The van der Waals surface area contributed by atoms with Crippen LogP contribution in [-0.2, 0) is 35.0 Å². The number of methoxy groups -OCH3 is 1. The number of carbonyl (C=O) groups excluding carboxylic acids is 3. The highest BCUT2D eigenvalue weighted by Gasteiger charge is 2.45. The Balaban J connectivity index is 1.96. The molecule has 3 unspecified atom stereocenters. The Kier molecular flexibility index (Phi) is 11.2. The van der Waals surface area contributed by atoms with E-state index in [0.29, 0.717) is 19.6 Å². The number of hydrogen-bond acceptors (Lipinski definition) is 8. The summed E-state index contributed by atoms with van der Waals surface area (Å²) in [5.74, 6) is -0.652. The van der Waals surface area contributed by atoms with Crippen LogP contribution in [0.25, 0.3) is 0 Å². The Morgan fingerprint density at radius 1 is 1.03 bits per heavy atom. The van der Waals surface area contributed by atoms with E-state index in [0.717, 1.165) is 5.56 Å². The van der Waals surface area contributed by atoms with Crippen molar-refractivity contribution in [2.45, 2.75) is 51.1 Å². The van der Waals surface area contributed by atoms with Crippen molar-refractivity contribution in [2.75, 3.05) is 33.5 Å². The Labute approximate surface area is 194 Å². The first-order valence-electron chi connectivity index (χ1n) is 11.1. The minimum Gasteiger partial charge on any atom is -0.447 e. The molecule has 1 aliphatic rings. The standard InChI is InChI=1S/C23H35N3O7/c1-15(2)13-18(26-23(29)32-12-11-31-10-9-30-3)22(28)25-17(19(27)20-21(24)33-20)14-16-7-5-4-6-8-16/h4-8,15,17-18,20-21H,9-14,24H2,1-3H3,(H,25,28)(H,26,29)/t17?,18-,20?,21?/m0/s1. The molecule has 10 heteroatoms. The molecule has 1 aromatic rings. The van der Waals surface area contributed by atoms with Crippen molar-refractivity contribution >= 4 is 17.8 Å². The smallest absolute Gasteiger partial charge is 0.407 e. The molecule has 2 rings (SSSR count). The number of epoxide rings is 1. The molecule has 4 N–H and O–H groups in total.